The molecule has 3 heteroatoms. The first-order valence-electron chi connectivity index (χ1n) is 6.15. The minimum atomic E-state index is -0.342. The van der Waals surface area contributed by atoms with Gasteiger partial charge in [0.05, 0.1) is 0 Å². The van der Waals surface area contributed by atoms with Crippen LogP contribution in [0.4, 0.5) is 0 Å². The van der Waals surface area contributed by atoms with Crippen LogP contribution in [0.1, 0.15) is 17.0 Å². The van der Waals surface area contributed by atoms with E-state index in [0.717, 1.165) is 15.6 Å². The molecule has 0 radical (unpaired) electrons. The second-order valence-electron chi connectivity index (χ2n) is 4.11. The van der Waals surface area contributed by atoms with Gasteiger partial charge in [0.15, 0.2) is 0 Å². The van der Waals surface area contributed by atoms with Gasteiger partial charge >= 0.3 is 5.97 Å². The molecule has 2 rings (SSSR count). The zero-order valence-corrected chi connectivity index (χ0v) is 12.6. The smallest absolute Gasteiger partial charge is 0.317 e. The number of benzene rings is 2. The molecule has 0 aliphatic heterocycles. The SMILES string of the molecule is O=C(OCCI)C(c1ccccc1)c1ccccc1. The Morgan fingerprint density at radius 3 is 1.84 bits per heavy atom. The first-order chi connectivity index (χ1) is 9.33. The predicted octanol–water partition coefficient (Wildman–Crippen LogP) is 3.80. The van der Waals surface area contributed by atoms with Gasteiger partial charge in [-0.05, 0) is 11.1 Å². The summed E-state index contributed by atoms with van der Waals surface area (Å²) in [6, 6.07) is 19.5. The monoisotopic (exact) mass is 366 g/mol. The molecule has 19 heavy (non-hydrogen) atoms. The molecule has 0 amide bonds. The molecule has 0 spiro atoms. The Labute approximate surface area is 126 Å². The van der Waals surface area contributed by atoms with E-state index in [4.69, 9.17) is 4.74 Å². The van der Waals surface area contributed by atoms with Crippen LogP contribution in [0.3, 0.4) is 0 Å². The quantitative estimate of drug-likeness (QED) is 0.457. The number of alkyl halides is 1. The van der Waals surface area contributed by atoms with Crippen molar-refractivity contribution in [1.29, 1.82) is 0 Å². The van der Waals surface area contributed by atoms with Crippen molar-refractivity contribution in [3.8, 4) is 0 Å². The fourth-order valence-corrected chi connectivity index (χ4v) is 2.20. The highest BCUT2D eigenvalue weighted by Crippen LogP contribution is 2.25. The molecule has 0 N–H and O–H groups in total. The Morgan fingerprint density at radius 1 is 0.947 bits per heavy atom. The van der Waals surface area contributed by atoms with E-state index in [1.807, 2.05) is 60.7 Å². The lowest BCUT2D eigenvalue weighted by Gasteiger charge is -2.16. The van der Waals surface area contributed by atoms with Crippen molar-refractivity contribution in [3.63, 3.8) is 0 Å². The van der Waals surface area contributed by atoms with Crippen LogP contribution in [-0.2, 0) is 9.53 Å². The van der Waals surface area contributed by atoms with Gasteiger partial charge in [-0.2, -0.15) is 0 Å². The number of carbonyl (C=O) groups is 1. The third kappa shape index (κ3) is 3.80. The molecule has 0 heterocycles. The number of esters is 1. The Balaban J connectivity index is 2.31. The number of rotatable bonds is 5. The van der Waals surface area contributed by atoms with Gasteiger partial charge in [-0.3, -0.25) is 4.79 Å². The molecule has 0 unspecified atom stereocenters. The van der Waals surface area contributed by atoms with Gasteiger partial charge in [-0.25, -0.2) is 0 Å². The fraction of sp³-hybridized carbons (Fsp3) is 0.188. The normalized spacial score (nSPS) is 10.4. The summed E-state index contributed by atoms with van der Waals surface area (Å²) in [6.45, 7) is 0.454. The van der Waals surface area contributed by atoms with E-state index in [-0.39, 0.29) is 11.9 Å². The second-order valence-corrected chi connectivity index (χ2v) is 5.19. The van der Waals surface area contributed by atoms with E-state index in [1.54, 1.807) is 0 Å². The van der Waals surface area contributed by atoms with Crippen molar-refractivity contribution >= 4 is 28.6 Å². The Bertz CT molecular complexity index is 471. The molecule has 0 aromatic heterocycles. The molecule has 0 aliphatic rings. The van der Waals surface area contributed by atoms with E-state index < -0.39 is 0 Å². The molecule has 98 valence electrons. The van der Waals surface area contributed by atoms with Crippen LogP contribution in [0.2, 0.25) is 0 Å². The first kappa shape index (κ1) is 14.1. The highest BCUT2D eigenvalue weighted by molar-refractivity contribution is 14.1. The van der Waals surface area contributed by atoms with E-state index in [1.165, 1.54) is 0 Å². The lowest BCUT2D eigenvalue weighted by molar-refractivity contribution is -0.143. The lowest BCUT2D eigenvalue weighted by Crippen LogP contribution is -2.18. The molecule has 0 saturated heterocycles. The minimum absolute atomic E-state index is 0.186. The maximum absolute atomic E-state index is 12.3. The molecule has 0 fully saturated rings. The number of hydrogen-bond donors (Lipinski definition) is 0. The topological polar surface area (TPSA) is 26.3 Å². The highest BCUT2D eigenvalue weighted by Gasteiger charge is 2.23. The largest absolute Gasteiger partial charge is 0.464 e. The molecule has 0 saturated carbocycles. The van der Waals surface area contributed by atoms with Gasteiger partial charge < -0.3 is 4.74 Å². The summed E-state index contributed by atoms with van der Waals surface area (Å²) in [5.41, 5.74) is 1.93. The molecule has 0 atom stereocenters. The van der Waals surface area contributed by atoms with Crippen molar-refractivity contribution in [1.82, 2.24) is 0 Å². The highest BCUT2D eigenvalue weighted by atomic mass is 127. The van der Waals surface area contributed by atoms with Crippen molar-refractivity contribution in [2.75, 3.05) is 11.0 Å². The summed E-state index contributed by atoms with van der Waals surface area (Å²) in [4.78, 5) is 12.3. The molecular weight excluding hydrogens is 351 g/mol. The molecule has 2 nitrogen and oxygen atoms in total. The third-order valence-corrected chi connectivity index (χ3v) is 3.26. The zero-order chi connectivity index (χ0) is 13.5. The van der Waals surface area contributed by atoms with Gasteiger partial charge in [0, 0.05) is 4.43 Å². The summed E-state index contributed by atoms with van der Waals surface area (Å²) >= 11 is 2.20. The summed E-state index contributed by atoms with van der Waals surface area (Å²) in [7, 11) is 0. The Kier molecular flexibility index (Phi) is 5.39. The van der Waals surface area contributed by atoms with Crippen molar-refractivity contribution in [2.24, 2.45) is 0 Å². The van der Waals surface area contributed by atoms with Crippen molar-refractivity contribution < 1.29 is 9.53 Å². The molecule has 0 aliphatic carbocycles. The van der Waals surface area contributed by atoms with Gasteiger partial charge in [-0.1, -0.05) is 83.3 Å². The second kappa shape index (κ2) is 7.28. The average molecular weight is 366 g/mol. The standard InChI is InChI=1S/C16H15IO2/c17-11-12-19-16(18)15(13-7-3-1-4-8-13)14-9-5-2-6-10-14/h1-10,15H,11-12H2. The van der Waals surface area contributed by atoms with Crippen LogP contribution >= 0.6 is 22.6 Å². The molecule has 2 aromatic rings. The minimum Gasteiger partial charge on any atom is -0.464 e. The van der Waals surface area contributed by atoms with Crippen LogP contribution in [0.15, 0.2) is 60.7 Å². The number of ether oxygens (including phenoxy) is 1. The third-order valence-electron chi connectivity index (χ3n) is 2.82. The van der Waals surface area contributed by atoms with Gasteiger partial charge in [0.25, 0.3) is 0 Å². The van der Waals surface area contributed by atoms with E-state index in [9.17, 15) is 4.79 Å². The lowest BCUT2D eigenvalue weighted by atomic mass is 9.91. The van der Waals surface area contributed by atoms with Gasteiger partial charge in [-0.15, -0.1) is 0 Å². The van der Waals surface area contributed by atoms with Gasteiger partial charge in [0.1, 0.15) is 12.5 Å². The summed E-state index contributed by atoms with van der Waals surface area (Å²) in [6.07, 6.45) is 0. The number of carbonyl (C=O) groups excluding carboxylic acids is 1. The van der Waals surface area contributed by atoms with Gasteiger partial charge in [0.2, 0.25) is 0 Å². The summed E-state index contributed by atoms with van der Waals surface area (Å²) in [5.74, 6) is -0.528. The van der Waals surface area contributed by atoms with E-state index in [2.05, 4.69) is 22.6 Å². The van der Waals surface area contributed by atoms with E-state index >= 15 is 0 Å². The van der Waals surface area contributed by atoms with E-state index in [0.29, 0.717) is 6.61 Å². The predicted molar refractivity (Wildman–Crippen MR) is 84.6 cm³/mol. The van der Waals surface area contributed by atoms with Crippen molar-refractivity contribution in [2.45, 2.75) is 5.92 Å². The van der Waals surface area contributed by atoms with Crippen LogP contribution in [0.5, 0.6) is 0 Å². The molecule has 0 bridgehead atoms. The van der Waals surface area contributed by atoms with Crippen molar-refractivity contribution in [3.05, 3.63) is 71.8 Å². The summed E-state index contributed by atoms with van der Waals surface area (Å²) in [5, 5.41) is 0. The number of hydrogen-bond acceptors (Lipinski definition) is 2. The maximum Gasteiger partial charge on any atom is 0.317 e. The zero-order valence-electron chi connectivity index (χ0n) is 10.5. The van der Waals surface area contributed by atoms with Crippen LogP contribution in [0.25, 0.3) is 0 Å². The average Bonchev–Trinajstić information content (AvgIpc) is 2.47. The summed E-state index contributed by atoms with van der Waals surface area (Å²) < 4.78 is 6.12. The maximum atomic E-state index is 12.3. The van der Waals surface area contributed by atoms with Crippen LogP contribution in [-0.4, -0.2) is 17.0 Å². The first-order valence-corrected chi connectivity index (χ1v) is 7.68. The Morgan fingerprint density at radius 2 is 1.42 bits per heavy atom. The molecular formula is C16H15IO2. The van der Waals surface area contributed by atoms with Crippen LogP contribution < -0.4 is 0 Å². The molecule has 2 aromatic carbocycles. The van der Waals surface area contributed by atoms with Crippen LogP contribution in [0, 0.1) is 0 Å². The Hall–Kier alpha value is -1.36. The number of halogens is 1. The fourth-order valence-electron chi connectivity index (χ4n) is 1.98.